The summed E-state index contributed by atoms with van der Waals surface area (Å²) in [7, 11) is 1.52. The van der Waals surface area contributed by atoms with Crippen LogP contribution >= 0.6 is 11.6 Å². The van der Waals surface area contributed by atoms with Crippen molar-refractivity contribution in [2.75, 3.05) is 12.4 Å². The van der Waals surface area contributed by atoms with Crippen LogP contribution in [0.5, 0.6) is 5.75 Å². The second kappa shape index (κ2) is 6.76. The van der Waals surface area contributed by atoms with E-state index < -0.39 is 0 Å². The Kier molecular flexibility index (Phi) is 4.53. The van der Waals surface area contributed by atoms with Crippen LogP contribution in [0, 0.1) is 0 Å². The van der Waals surface area contributed by atoms with Crippen LogP contribution in [0.1, 0.15) is 0 Å². The van der Waals surface area contributed by atoms with Gasteiger partial charge in [0.25, 0.3) is 5.56 Å². The zero-order valence-corrected chi connectivity index (χ0v) is 13.7. The van der Waals surface area contributed by atoms with Crippen LogP contribution < -0.4 is 15.6 Å². The van der Waals surface area contributed by atoms with Crippen molar-refractivity contribution in [3.63, 3.8) is 0 Å². The number of rotatable bonds is 4. The zero-order valence-electron chi connectivity index (χ0n) is 13.0. The molecule has 5 nitrogen and oxygen atoms in total. The maximum atomic E-state index is 12.4. The van der Waals surface area contributed by atoms with Crippen LogP contribution in [0.3, 0.4) is 0 Å². The van der Waals surface area contributed by atoms with Crippen molar-refractivity contribution in [3.8, 4) is 5.75 Å². The first kappa shape index (κ1) is 16.1. The largest absolute Gasteiger partial charge is 0.495 e. The summed E-state index contributed by atoms with van der Waals surface area (Å²) in [6, 6.07) is 14.0. The number of carbonyl (C=O) groups excluding carboxylic acids is 1. The second-order valence-corrected chi connectivity index (χ2v) is 5.64. The number of hydrogen-bond donors (Lipinski definition) is 1. The van der Waals surface area contributed by atoms with Gasteiger partial charge in [-0.15, -0.1) is 0 Å². The van der Waals surface area contributed by atoms with Gasteiger partial charge in [-0.3, -0.25) is 9.59 Å². The average molecular weight is 343 g/mol. The second-order valence-electron chi connectivity index (χ2n) is 5.23. The third-order valence-corrected chi connectivity index (χ3v) is 3.93. The molecule has 0 radical (unpaired) electrons. The average Bonchev–Trinajstić information content (AvgIpc) is 2.58. The third kappa shape index (κ3) is 3.26. The number of amides is 1. The molecule has 1 amide bonds. The summed E-state index contributed by atoms with van der Waals surface area (Å²) in [5.74, 6) is 0.217. The first-order chi connectivity index (χ1) is 11.6. The van der Waals surface area contributed by atoms with Crippen molar-refractivity contribution in [2.45, 2.75) is 6.54 Å². The predicted molar refractivity (Wildman–Crippen MR) is 94.8 cm³/mol. The van der Waals surface area contributed by atoms with Gasteiger partial charge in [0, 0.05) is 17.3 Å². The van der Waals surface area contributed by atoms with Gasteiger partial charge < -0.3 is 14.6 Å². The molecule has 3 rings (SSSR count). The Hall–Kier alpha value is -2.79. The standard InChI is InChI=1S/C18H15ClN2O3/c1-24-16-7-6-13(10-15(16)19)20-17(22)11-21-9-8-12-4-2-3-5-14(12)18(21)23/h2-10H,11H2,1H3,(H,20,22). The number of benzene rings is 2. The molecular weight excluding hydrogens is 328 g/mol. The van der Waals surface area contributed by atoms with Gasteiger partial charge >= 0.3 is 0 Å². The smallest absolute Gasteiger partial charge is 0.258 e. The molecule has 0 aliphatic rings. The summed E-state index contributed by atoms with van der Waals surface area (Å²) >= 11 is 6.03. The van der Waals surface area contributed by atoms with E-state index in [9.17, 15) is 9.59 Å². The maximum absolute atomic E-state index is 12.4. The minimum Gasteiger partial charge on any atom is -0.495 e. The van der Waals surface area contributed by atoms with Crippen LogP contribution in [0.15, 0.2) is 59.5 Å². The number of hydrogen-bond acceptors (Lipinski definition) is 3. The molecular formula is C18H15ClN2O3. The molecule has 122 valence electrons. The Bertz CT molecular complexity index is 966. The summed E-state index contributed by atoms with van der Waals surface area (Å²) in [4.78, 5) is 24.6. The fourth-order valence-corrected chi connectivity index (χ4v) is 2.71. The minimum absolute atomic E-state index is 0.0761. The topological polar surface area (TPSA) is 60.3 Å². The Morgan fingerprint density at radius 1 is 1.21 bits per heavy atom. The molecule has 0 atom stereocenters. The summed E-state index contributed by atoms with van der Waals surface area (Å²) in [5.41, 5.74) is 0.343. The summed E-state index contributed by atoms with van der Waals surface area (Å²) < 4.78 is 6.44. The van der Waals surface area contributed by atoms with Gasteiger partial charge in [-0.2, -0.15) is 0 Å². The van der Waals surface area contributed by atoms with E-state index in [2.05, 4.69) is 5.32 Å². The lowest BCUT2D eigenvalue weighted by Gasteiger charge is -2.10. The molecule has 0 unspecified atom stereocenters. The van der Waals surface area contributed by atoms with Crippen LogP contribution in [0.2, 0.25) is 5.02 Å². The lowest BCUT2D eigenvalue weighted by Crippen LogP contribution is -2.27. The number of carbonyl (C=O) groups is 1. The molecule has 6 heteroatoms. The third-order valence-electron chi connectivity index (χ3n) is 3.64. The highest BCUT2D eigenvalue weighted by molar-refractivity contribution is 6.32. The Morgan fingerprint density at radius 2 is 2.00 bits per heavy atom. The molecule has 24 heavy (non-hydrogen) atoms. The quantitative estimate of drug-likeness (QED) is 0.791. The number of nitrogens with zero attached hydrogens (tertiary/aromatic N) is 1. The summed E-state index contributed by atoms with van der Waals surface area (Å²) in [6.07, 6.45) is 1.62. The molecule has 0 aliphatic carbocycles. The highest BCUT2D eigenvalue weighted by Crippen LogP contribution is 2.27. The lowest BCUT2D eigenvalue weighted by molar-refractivity contribution is -0.116. The molecule has 0 spiro atoms. The van der Waals surface area contributed by atoms with Crippen molar-refractivity contribution >= 4 is 34.0 Å². The van der Waals surface area contributed by atoms with Gasteiger partial charge in [0.05, 0.1) is 12.1 Å². The number of pyridine rings is 1. The van der Waals surface area contributed by atoms with Crippen molar-refractivity contribution in [1.82, 2.24) is 4.57 Å². The zero-order chi connectivity index (χ0) is 17.1. The van der Waals surface area contributed by atoms with E-state index in [1.54, 1.807) is 36.5 Å². The molecule has 1 heterocycles. The molecule has 2 aromatic carbocycles. The number of fused-ring (bicyclic) bond motifs is 1. The molecule has 1 N–H and O–H groups in total. The fourth-order valence-electron chi connectivity index (χ4n) is 2.45. The van der Waals surface area contributed by atoms with Crippen LogP contribution in [0.4, 0.5) is 5.69 Å². The van der Waals surface area contributed by atoms with E-state index in [4.69, 9.17) is 16.3 Å². The fraction of sp³-hybridized carbons (Fsp3) is 0.111. The van der Waals surface area contributed by atoms with Crippen LogP contribution in [-0.4, -0.2) is 17.6 Å². The normalized spacial score (nSPS) is 10.6. The summed E-state index contributed by atoms with van der Waals surface area (Å²) in [5, 5.41) is 4.55. The minimum atomic E-state index is -0.311. The Morgan fingerprint density at radius 3 is 2.75 bits per heavy atom. The Balaban J connectivity index is 1.79. The van der Waals surface area contributed by atoms with Gasteiger partial charge in [-0.1, -0.05) is 29.8 Å². The molecule has 1 aromatic heterocycles. The first-order valence-electron chi connectivity index (χ1n) is 7.30. The van der Waals surface area contributed by atoms with Gasteiger partial charge in [0.15, 0.2) is 0 Å². The van der Waals surface area contributed by atoms with E-state index >= 15 is 0 Å². The van der Waals surface area contributed by atoms with Gasteiger partial charge in [-0.05, 0) is 35.7 Å². The molecule has 0 aliphatic heterocycles. The molecule has 0 bridgehead atoms. The van der Waals surface area contributed by atoms with E-state index in [0.717, 1.165) is 5.39 Å². The Labute approximate surface area is 143 Å². The van der Waals surface area contributed by atoms with E-state index in [-0.39, 0.29) is 18.0 Å². The van der Waals surface area contributed by atoms with Gasteiger partial charge in [-0.25, -0.2) is 0 Å². The maximum Gasteiger partial charge on any atom is 0.258 e. The van der Waals surface area contributed by atoms with Crippen molar-refractivity contribution < 1.29 is 9.53 Å². The number of halogens is 1. The van der Waals surface area contributed by atoms with Crippen molar-refractivity contribution in [3.05, 3.63) is 70.1 Å². The highest BCUT2D eigenvalue weighted by Gasteiger charge is 2.09. The van der Waals surface area contributed by atoms with E-state index in [1.807, 2.05) is 18.2 Å². The summed E-state index contributed by atoms with van der Waals surface area (Å²) in [6.45, 7) is -0.0761. The van der Waals surface area contributed by atoms with Crippen LogP contribution in [0.25, 0.3) is 10.8 Å². The first-order valence-corrected chi connectivity index (χ1v) is 7.68. The van der Waals surface area contributed by atoms with E-state index in [0.29, 0.717) is 21.8 Å². The predicted octanol–water partition coefficient (Wildman–Crippen LogP) is 3.30. The lowest BCUT2D eigenvalue weighted by atomic mass is 10.2. The number of ether oxygens (including phenoxy) is 1. The SMILES string of the molecule is COc1ccc(NC(=O)Cn2ccc3ccccc3c2=O)cc1Cl. The van der Waals surface area contributed by atoms with Crippen molar-refractivity contribution in [2.24, 2.45) is 0 Å². The van der Waals surface area contributed by atoms with Crippen LogP contribution in [-0.2, 0) is 11.3 Å². The highest BCUT2D eigenvalue weighted by atomic mass is 35.5. The number of anilines is 1. The van der Waals surface area contributed by atoms with Gasteiger partial charge in [0.2, 0.25) is 5.91 Å². The number of nitrogens with one attached hydrogen (secondary N) is 1. The number of aromatic nitrogens is 1. The van der Waals surface area contributed by atoms with E-state index in [1.165, 1.54) is 11.7 Å². The van der Waals surface area contributed by atoms with Crippen molar-refractivity contribution in [1.29, 1.82) is 0 Å². The molecule has 0 fully saturated rings. The number of methoxy groups -OCH3 is 1. The molecule has 0 saturated heterocycles. The van der Waals surface area contributed by atoms with Gasteiger partial charge in [0.1, 0.15) is 12.3 Å². The molecule has 0 saturated carbocycles. The monoisotopic (exact) mass is 342 g/mol. The molecule has 3 aromatic rings.